The Hall–Kier alpha value is -1.56. The zero-order valence-electron chi connectivity index (χ0n) is 9.26. The van der Waals surface area contributed by atoms with Crippen molar-refractivity contribution in [3.05, 3.63) is 29.8 Å². The normalized spacial score (nSPS) is 11.4. The summed E-state index contributed by atoms with van der Waals surface area (Å²) in [6, 6.07) is 6.57. The fraction of sp³-hybridized carbons (Fsp3) is 0.250. The van der Waals surface area contributed by atoms with E-state index in [-0.39, 0.29) is 6.61 Å². The van der Waals surface area contributed by atoms with E-state index >= 15 is 0 Å². The molecule has 0 fully saturated rings. The van der Waals surface area contributed by atoms with Crippen molar-refractivity contribution in [1.29, 1.82) is 0 Å². The average molecular weight is 251 g/mol. The highest BCUT2D eigenvalue weighted by atomic mass is 31.0. The van der Waals surface area contributed by atoms with Gasteiger partial charge in [0.05, 0.1) is 9.47 Å². The smallest absolute Gasteiger partial charge is 0.325 e. The number of hydrogen-bond acceptors (Lipinski definition) is 4. The Morgan fingerprint density at radius 2 is 2.12 bits per heavy atom. The molecule has 0 saturated heterocycles. The quantitative estimate of drug-likeness (QED) is 0.624. The molecule has 0 amide bonds. The van der Waals surface area contributed by atoms with Crippen molar-refractivity contribution in [3.8, 4) is 18.1 Å². The fourth-order valence-corrected chi connectivity index (χ4v) is 1.45. The molecule has 5 heteroatoms. The maximum Gasteiger partial charge on any atom is 0.325 e. The zero-order chi connectivity index (χ0) is 12.7. The maximum atomic E-state index is 11.1. The molecule has 0 aliphatic carbocycles. The highest BCUT2D eigenvalue weighted by molar-refractivity contribution is 7.10. The molecule has 2 atom stereocenters. The lowest BCUT2D eigenvalue weighted by Crippen LogP contribution is -2.32. The Kier molecular flexibility index (Phi) is 5.48. The molecule has 90 valence electrons. The first kappa shape index (κ1) is 13.5. The Balaban J connectivity index is 2.56. The van der Waals surface area contributed by atoms with Crippen molar-refractivity contribution in [2.24, 2.45) is 5.73 Å². The number of carbonyl (C=O) groups is 1. The highest BCUT2D eigenvalue weighted by Gasteiger charge is 2.13. The predicted octanol–water partition coefficient (Wildman–Crippen LogP) is 0.902. The first-order chi connectivity index (χ1) is 8.17. The van der Waals surface area contributed by atoms with Crippen LogP contribution >= 0.6 is 9.47 Å². The second-order valence-corrected chi connectivity index (χ2v) is 3.62. The minimum atomic E-state index is -0.662. The Morgan fingerprint density at radius 1 is 1.47 bits per heavy atom. The Labute approximate surface area is 103 Å². The van der Waals surface area contributed by atoms with Crippen molar-refractivity contribution in [2.45, 2.75) is 12.5 Å². The van der Waals surface area contributed by atoms with E-state index in [1.807, 2.05) is 21.6 Å². The van der Waals surface area contributed by atoms with E-state index in [1.165, 1.54) is 0 Å². The van der Waals surface area contributed by atoms with E-state index in [0.717, 1.165) is 5.56 Å². The van der Waals surface area contributed by atoms with Crippen LogP contribution in [0.4, 0.5) is 0 Å². The molecule has 0 aliphatic rings. The van der Waals surface area contributed by atoms with Gasteiger partial charge in [0.15, 0.2) is 0 Å². The van der Waals surface area contributed by atoms with Crippen molar-refractivity contribution in [3.63, 3.8) is 0 Å². The lowest BCUT2D eigenvalue weighted by molar-refractivity contribution is -0.134. The molecule has 1 rings (SSSR count). The number of terminal acetylenes is 1. The van der Waals surface area contributed by atoms with Crippen LogP contribution in [0.1, 0.15) is 5.56 Å². The number of hydrogen-bond donors (Lipinski definition) is 1. The number of carbonyl (C=O) groups excluding carboxylic acids is 1. The second-order valence-electron chi connectivity index (χ2n) is 3.38. The summed E-state index contributed by atoms with van der Waals surface area (Å²) in [5.74, 6) is 2.61. The third-order valence-electron chi connectivity index (χ3n) is 2.12. The van der Waals surface area contributed by atoms with Gasteiger partial charge in [0, 0.05) is 0 Å². The summed E-state index contributed by atoms with van der Waals surface area (Å²) in [6.07, 6.45) is 5.50. The monoisotopic (exact) mass is 251 g/mol. The fourth-order valence-electron chi connectivity index (χ4n) is 1.27. The van der Waals surface area contributed by atoms with Gasteiger partial charge in [-0.3, -0.25) is 4.79 Å². The van der Waals surface area contributed by atoms with Gasteiger partial charge < -0.3 is 15.0 Å². The van der Waals surface area contributed by atoms with Crippen LogP contribution in [0.5, 0.6) is 5.75 Å². The topological polar surface area (TPSA) is 61.5 Å². The molecule has 0 spiro atoms. The van der Waals surface area contributed by atoms with Gasteiger partial charge >= 0.3 is 5.97 Å². The van der Waals surface area contributed by atoms with Crippen LogP contribution in [0.25, 0.3) is 0 Å². The minimum Gasteiger partial charge on any atom is -0.481 e. The first-order valence-corrected chi connectivity index (χ1v) is 5.46. The molecule has 1 aromatic carbocycles. The summed E-state index contributed by atoms with van der Waals surface area (Å²) in [5, 5.41) is 0. The number of ether oxygens (including phenoxy) is 1. The van der Waals surface area contributed by atoms with Crippen molar-refractivity contribution >= 4 is 15.4 Å². The van der Waals surface area contributed by atoms with E-state index in [9.17, 15) is 4.79 Å². The molecule has 2 unspecified atom stereocenters. The molecule has 0 saturated carbocycles. The minimum absolute atomic E-state index is 0.234. The van der Waals surface area contributed by atoms with Gasteiger partial charge in [-0.05, 0) is 24.1 Å². The molecule has 0 heterocycles. The summed E-state index contributed by atoms with van der Waals surface area (Å²) in [7, 11) is 1.89. The van der Waals surface area contributed by atoms with Crippen molar-refractivity contribution < 1.29 is 14.1 Å². The number of benzene rings is 1. The maximum absolute atomic E-state index is 11.1. The molecule has 17 heavy (non-hydrogen) atoms. The summed E-state index contributed by atoms with van der Waals surface area (Å²) >= 11 is 0. The van der Waals surface area contributed by atoms with Crippen LogP contribution in [0, 0.1) is 12.3 Å². The van der Waals surface area contributed by atoms with Gasteiger partial charge in [-0.25, -0.2) is 0 Å². The molecule has 0 aliphatic heterocycles. The van der Waals surface area contributed by atoms with Gasteiger partial charge in [-0.2, -0.15) is 0 Å². The Bertz CT molecular complexity index is 411. The average Bonchev–Trinajstić information content (AvgIpc) is 2.37. The summed E-state index contributed by atoms with van der Waals surface area (Å²) < 4.78 is 9.69. The van der Waals surface area contributed by atoms with E-state index < -0.39 is 12.0 Å². The van der Waals surface area contributed by atoms with Crippen molar-refractivity contribution in [1.82, 2.24) is 0 Å². The number of rotatable bonds is 5. The van der Waals surface area contributed by atoms with Crippen LogP contribution in [-0.2, 0) is 15.7 Å². The van der Waals surface area contributed by atoms with Gasteiger partial charge in [-0.15, -0.1) is 6.42 Å². The summed E-state index contributed by atoms with van der Waals surface area (Å²) in [6.45, 7) is 0.234. The van der Waals surface area contributed by atoms with Crippen LogP contribution in [-0.4, -0.2) is 18.6 Å². The van der Waals surface area contributed by atoms with Crippen LogP contribution in [0.3, 0.4) is 0 Å². The largest absolute Gasteiger partial charge is 0.481 e. The zero-order valence-corrected chi connectivity index (χ0v) is 10.4. The van der Waals surface area contributed by atoms with Crippen LogP contribution in [0.2, 0.25) is 0 Å². The van der Waals surface area contributed by atoms with Gasteiger partial charge in [-0.1, -0.05) is 18.1 Å². The third kappa shape index (κ3) is 4.44. The molecule has 0 radical (unpaired) electrons. The van der Waals surface area contributed by atoms with Gasteiger partial charge in [0.25, 0.3) is 0 Å². The third-order valence-corrected chi connectivity index (χ3v) is 2.35. The van der Waals surface area contributed by atoms with Crippen LogP contribution < -0.4 is 10.5 Å². The standard InChI is InChI=1S/C12H14NO3P/c1-2-7-15-10-5-3-9(4-6-10)8-11(13)12(14)16-17/h1,3-6,11H,7-8,13,17H2. The van der Waals surface area contributed by atoms with Crippen LogP contribution in [0.15, 0.2) is 24.3 Å². The predicted molar refractivity (Wildman–Crippen MR) is 68.3 cm³/mol. The molecular formula is C12H14NO3P. The summed E-state index contributed by atoms with van der Waals surface area (Å²) in [5.41, 5.74) is 6.56. The number of nitrogens with two attached hydrogens (primary N) is 1. The lowest BCUT2D eigenvalue weighted by Gasteiger charge is -2.09. The second kappa shape index (κ2) is 6.90. The van der Waals surface area contributed by atoms with Gasteiger partial charge in [0.1, 0.15) is 18.4 Å². The van der Waals surface area contributed by atoms with E-state index in [0.29, 0.717) is 12.2 Å². The SMILES string of the molecule is C#CCOc1ccc(CC(N)C(=O)OP)cc1. The summed E-state index contributed by atoms with van der Waals surface area (Å²) in [4.78, 5) is 11.1. The molecule has 0 aromatic heterocycles. The van der Waals surface area contributed by atoms with Gasteiger partial charge in [0.2, 0.25) is 0 Å². The van der Waals surface area contributed by atoms with Crippen molar-refractivity contribution in [2.75, 3.05) is 6.61 Å². The Morgan fingerprint density at radius 3 is 2.65 bits per heavy atom. The molecule has 1 aromatic rings. The van der Waals surface area contributed by atoms with E-state index in [4.69, 9.17) is 16.9 Å². The lowest BCUT2D eigenvalue weighted by atomic mass is 10.1. The molecular weight excluding hydrogens is 237 g/mol. The molecule has 2 N–H and O–H groups in total. The highest BCUT2D eigenvalue weighted by Crippen LogP contribution is 2.13. The van der Waals surface area contributed by atoms with E-state index in [2.05, 4.69) is 10.4 Å². The molecule has 4 nitrogen and oxygen atoms in total. The van der Waals surface area contributed by atoms with E-state index in [1.54, 1.807) is 12.1 Å². The molecule has 0 bridgehead atoms. The first-order valence-electron chi connectivity index (χ1n) is 4.98.